The number of nitriles is 1. The molecule has 0 aliphatic heterocycles. The van der Waals surface area contributed by atoms with Crippen LogP contribution in [0.5, 0.6) is 5.75 Å². The SMILES string of the molecule is C[C@@H](Oc1ccc(C#N)cc1)C(=O)NCc1nncn1-c1ccccc1. The third-order valence-corrected chi connectivity index (χ3v) is 3.74. The predicted molar refractivity (Wildman–Crippen MR) is 94.5 cm³/mol. The third kappa shape index (κ3) is 4.05. The monoisotopic (exact) mass is 347 g/mol. The zero-order valence-electron chi connectivity index (χ0n) is 14.2. The van der Waals surface area contributed by atoms with Crippen LogP contribution >= 0.6 is 0 Å². The standard InChI is InChI=1S/C19H17N5O2/c1-14(26-17-9-7-15(11-20)8-10-17)19(25)21-12-18-23-22-13-24(18)16-5-3-2-4-6-16/h2-10,13-14H,12H2,1H3,(H,21,25)/t14-/m1/s1. The second kappa shape index (κ2) is 7.94. The first kappa shape index (κ1) is 17.2. The molecule has 130 valence electrons. The van der Waals surface area contributed by atoms with Crippen LogP contribution in [0, 0.1) is 11.3 Å². The molecule has 0 aliphatic carbocycles. The number of para-hydroxylation sites is 1. The molecule has 1 N–H and O–H groups in total. The van der Waals surface area contributed by atoms with Gasteiger partial charge in [-0.2, -0.15) is 5.26 Å². The fourth-order valence-corrected chi connectivity index (χ4v) is 2.36. The van der Waals surface area contributed by atoms with Gasteiger partial charge in [0.1, 0.15) is 12.1 Å². The average molecular weight is 347 g/mol. The van der Waals surface area contributed by atoms with Gasteiger partial charge in [0.25, 0.3) is 5.91 Å². The molecule has 7 heteroatoms. The minimum atomic E-state index is -0.684. The highest BCUT2D eigenvalue weighted by atomic mass is 16.5. The molecule has 0 bridgehead atoms. The van der Waals surface area contributed by atoms with Gasteiger partial charge in [-0.05, 0) is 43.3 Å². The molecule has 0 radical (unpaired) electrons. The predicted octanol–water partition coefficient (Wildman–Crippen LogP) is 2.22. The summed E-state index contributed by atoms with van der Waals surface area (Å²) in [6.07, 6.45) is 0.920. The van der Waals surface area contributed by atoms with Crippen LogP contribution < -0.4 is 10.1 Å². The molecule has 3 aromatic rings. The van der Waals surface area contributed by atoms with E-state index in [2.05, 4.69) is 15.5 Å². The lowest BCUT2D eigenvalue weighted by Gasteiger charge is -2.15. The summed E-state index contributed by atoms with van der Waals surface area (Å²) in [5.74, 6) is 0.881. The molecule has 1 amide bonds. The van der Waals surface area contributed by atoms with Gasteiger partial charge < -0.3 is 10.1 Å². The highest BCUT2D eigenvalue weighted by molar-refractivity contribution is 5.80. The summed E-state index contributed by atoms with van der Waals surface area (Å²) in [4.78, 5) is 12.3. The van der Waals surface area contributed by atoms with Crippen molar-refractivity contribution in [3.63, 3.8) is 0 Å². The van der Waals surface area contributed by atoms with Crippen LogP contribution in [0.4, 0.5) is 0 Å². The van der Waals surface area contributed by atoms with E-state index in [-0.39, 0.29) is 12.5 Å². The van der Waals surface area contributed by atoms with Gasteiger partial charge in [-0.3, -0.25) is 9.36 Å². The number of nitrogens with one attached hydrogen (secondary N) is 1. The summed E-state index contributed by atoms with van der Waals surface area (Å²) in [7, 11) is 0. The van der Waals surface area contributed by atoms with Crippen LogP contribution in [0.25, 0.3) is 5.69 Å². The van der Waals surface area contributed by atoms with Gasteiger partial charge in [-0.15, -0.1) is 10.2 Å². The maximum atomic E-state index is 12.3. The van der Waals surface area contributed by atoms with Crippen LogP contribution in [0.15, 0.2) is 60.9 Å². The lowest BCUT2D eigenvalue weighted by Crippen LogP contribution is -2.36. The van der Waals surface area contributed by atoms with Crippen molar-refractivity contribution in [2.24, 2.45) is 0 Å². The Bertz CT molecular complexity index is 913. The summed E-state index contributed by atoms with van der Waals surface area (Å²) in [5.41, 5.74) is 1.46. The van der Waals surface area contributed by atoms with Crippen LogP contribution in [0.2, 0.25) is 0 Å². The molecule has 1 atom stereocenters. The molecule has 26 heavy (non-hydrogen) atoms. The molecular formula is C19H17N5O2. The largest absolute Gasteiger partial charge is 0.481 e. The minimum absolute atomic E-state index is 0.231. The number of ether oxygens (including phenoxy) is 1. The summed E-state index contributed by atoms with van der Waals surface area (Å²) in [6.45, 7) is 1.89. The first-order chi connectivity index (χ1) is 12.7. The van der Waals surface area contributed by atoms with E-state index in [0.29, 0.717) is 17.1 Å². The molecule has 3 rings (SSSR count). The van der Waals surface area contributed by atoms with Crippen molar-refractivity contribution in [1.82, 2.24) is 20.1 Å². The van der Waals surface area contributed by atoms with Crippen LogP contribution in [0.3, 0.4) is 0 Å². The molecule has 0 saturated heterocycles. The lowest BCUT2D eigenvalue weighted by molar-refractivity contribution is -0.127. The fourth-order valence-electron chi connectivity index (χ4n) is 2.36. The summed E-state index contributed by atoms with van der Waals surface area (Å²) in [6, 6.07) is 18.3. The molecule has 1 heterocycles. The van der Waals surface area contributed by atoms with Crippen molar-refractivity contribution in [2.45, 2.75) is 19.6 Å². The number of rotatable bonds is 6. The molecule has 0 spiro atoms. The first-order valence-electron chi connectivity index (χ1n) is 8.06. The normalized spacial score (nSPS) is 11.4. The summed E-state index contributed by atoms with van der Waals surface area (Å²) in [5, 5.41) is 19.6. The van der Waals surface area contributed by atoms with E-state index < -0.39 is 6.10 Å². The topological polar surface area (TPSA) is 92.8 Å². The van der Waals surface area contributed by atoms with Crippen LogP contribution in [-0.4, -0.2) is 26.8 Å². The Balaban J connectivity index is 1.59. The number of benzene rings is 2. The zero-order chi connectivity index (χ0) is 18.4. The molecule has 0 fully saturated rings. The second-order valence-electron chi connectivity index (χ2n) is 5.57. The van der Waals surface area contributed by atoms with Crippen molar-refractivity contribution >= 4 is 5.91 Å². The van der Waals surface area contributed by atoms with Crippen molar-refractivity contribution in [1.29, 1.82) is 5.26 Å². The van der Waals surface area contributed by atoms with Crippen molar-refractivity contribution in [3.05, 3.63) is 72.3 Å². The lowest BCUT2D eigenvalue weighted by atomic mass is 10.2. The van der Waals surface area contributed by atoms with Crippen LogP contribution in [-0.2, 0) is 11.3 Å². The Morgan fingerprint density at radius 1 is 1.23 bits per heavy atom. The molecule has 0 saturated carbocycles. The number of carbonyl (C=O) groups excluding carboxylic acids is 1. The van der Waals surface area contributed by atoms with Crippen molar-refractivity contribution in [3.8, 4) is 17.5 Å². The molecular weight excluding hydrogens is 330 g/mol. The number of carbonyl (C=O) groups is 1. The highest BCUT2D eigenvalue weighted by Crippen LogP contribution is 2.14. The van der Waals surface area contributed by atoms with Gasteiger partial charge >= 0.3 is 0 Å². The van der Waals surface area contributed by atoms with Crippen molar-refractivity contribution in [2.75, 3.05) is 0 Å². The van der Waals surface area contributed by atoms with Gasteiger partial charge in [0, 0.05) is 5.69 Å². The first-order valence-corrected chi connectivity index (χ1v) is 8.06. The fraction of sp³-hybridized carbons (Fsp3) is 0.158. The molecule has 2 aromatic carbocycles. The van der Waals surface area contributed by atoms with E-state index in [1.165, 1.54) is 0 Å². The Kier molecular flexibility index (Phi) is 5.25. The van der Waals surface area contributed by atoms with Gasteiger partial charge in [0.15, 0.2) is 11.9 Å². The minimum Gasteiger partial charge on any atom is -0.481 e. The van der Waals surface area contributed by atoms with Crippen LogP contribution in [0.1, 0.15) is 18.3 Å². The second-order valence-corrected chi connectivity index (χ2v) is 5.57. The quantitative estimate of drug-likeness (QED) is 0.738. The van der Waals surface area contributed by atoms with E-state index in [4.69, 9.17) is 10.00 Å². The smallest absolute Gasteiger partial charge is 0.261 e. The summed E-state index contributed by atoms with van der Waals surface area (Å²) < 4.78 is 7.41. The van der Waals surface area contributed by atoms with E-state index in [1.54, 1.807) is 37.5 Å². The van der Waals surface area contributed by atoms with E-state index in [1.807, 2.05) is 41.0 Å². The number of nitrogens with zero attached hydrogens (tertiary/aromatic N) is 4. The highest BCUT2D eigenvalue weighted by Gasteiger charge is 2.16. The Morgan fingerprint density at radius 3 is 2.65 bits per heavy atom. The maximum Gasteiger partial charge on any atom is 0.261 e. The average Bonchev–Trinajstić information content (AvgIpc) is 3.16. The number of amides is 1. The van der Waals surface area contributed by atoms with Crippen molar-refractivity contribution < 1.29 is 9.53 Å². The summed E-state index contributed by atoms with van der Waals surface area (Å²) >= 11 is 0. The Morgan fingerprint density at radius 2 is 1.96 bits per heavy atom. The number of aromatic nitrogens is 3. The molecule has 7 nitrogen and oxygen atoms in total. The van der Waals surface area contributed by atoms with E-state index in [0.717, 1.165) is 5.69 Å². The van der Waals surface area contributed by atoms with E-state index in [9.17, 15) is 4.79 Å². The van der Waals surface area contributed by atoms with E-state index >= 15 is 0 Å². The van der Waals surface area contributed by atoms with Gasteiger partial charge in [0.05, 0.1) is 18.2 Å². The number of hydrogen-bond donors (Lipinski definition) is 1. The third-order valence-electron chi connectivity index (χ3n) is 3.74. The molecule has 1 aromatic heterocycles. The zero-order valence-corrected chi connectivity index (χ0v) is 14.2. The Hall–Kier alpha value is -3.66. The van der Waals surface area contributed by atoms with Gasteiger partial charge in [-0.25, -0.2) is 0 Å². The number of hydrogen-bond acceptors (Lipinski definition) is 5. The maximum absolute atomic E-state index is 12.3. The van der Waals surface area contributed by atoms with Gasteiger partial charge in [0.2, 0.25) is 0 Å². The molecule has 0 aliphatic rings. The van der Waals surface area contributed by atoms with Gasteiger partial charge in [-0.1, -0.05) is 18.2 Å². The molecule has 0 unspecified atom stereocenters. The Labute approximate surface area is 150 Å².